The second-order valence-corrected chi connectivity index (χ2v) is 19.6. The number of hydrogen-bond acceptors (Lipinski definition) is 5. The molecule has 1 amide bonds. The van der Waals surface area contributed by atoms with Crippen LogP contribution in [0.2, 0.25) is 0 Å². The van der Waals surface area contributed by atoms with Crippen molar-refractivity contribution in [3.63, 3.8) is 0 Å². The molecule has 0 aromatic heterocycles. The van der Waals surface area contributed by atoms with Crippen molar-refractivity contribution >= 4 is 11.9 Å². The normalized spacial score (nSPS) is 12.6. The molecule has 0 spiro atoms. The number of carbonyl (C=O) groups excluding carboxylic acids is 2. The summed E-state index contributed by atoms with van der Waals surface area (Å²) >= 11 is 0. The van der Waals surface area contributed by atoms with Crippen molar-refractivity contribution in [2.24, 2.45) is 0 Å². The summed E-state index contributed by atoms with van der Waals surface area (Å²) in [4.78, 5) is 24.5. The number of ether oxygens (including phenoxy) is 1. The van der Waals surface area contributed by atoms with E-state index in [1.807, 2.05) is 0 Å². The van der Waals surface area contributed by atoms with Crippen LogP contribution in [-0.4, -0.2) is 47.4 Å². The first kappa shape index (κ1) is 61.6. The van der Waals surface area contributed by atoms with Crippen LogP contribution < -0.4 is 5.32 Å². The van der Waals surface area contributed by atoms with E-state index in [1.165, 1.54) is 225 Å². The summed E-state index contributed by atoms with van der Waals surface area (Å²) in [7, 11) is 0. The molecule has 0 saturated carbocycles. The predicted octanol–water partition coefficient (Wildman–Crippen LogP) is 17.3. The number of unbranched alkanes of at least 4 members (excludes halogenated alkanes) is 40. The zero-order chi connectivity index (χ0) is 45.8. The fourth-order valence-electron chi connectivity index (χ4n) is 8.93. The molecule has 0 saturated heterocycles. The lowest BCUT2D eigenvalue weighted by Crippen LogP contribution is -2.45. The number of allylic oxidation sites excluding steroid dienone is 2. The van der Waals surface area contributed by atoms with Gasteiger partial charge < -0.3 is 20.3 Å². The van der Waals surface area contributed by atoms with Gasteiger partial charge in [0.05, 0.1) is 25.4 Å². The molecule has 6 heteroatoms. The van der Waals surface area contributed by atoms with Crippen LogP contribution in [0, 0.1) is 0 Å². The lowest BCUT2D eigenvalue weighted by atomic mass is 10.0. The molecule has 0 aromatic carbocycles. The maximum atomic E-state index is 12.5. The fraction of sp³-hybridized carbons (Fsp3) is 0.930. The number of rotatable bonds is 53. The Labute approximate surface area is 393 Å². The maximum absolute atomic E-state index is 12.5. The molecule has 3 N–H and O–H groups in total. The van der Waals surface area contributed by atoms with E-state index < -0.39 is 12.1 Å². The van der Waals surface area contributed by atoms with Crippen molar-refractivity contribution in [1.29, 1.82) is 0 Å². The third-order valence-electron chi connectivity index (χ3n) is 13.3. The molecule has 0 aliphatic carbocycles. The number of esters is 1. The molecular weight excluding hydrogens is 779 g/mol. The monoisotopic (exact) mass is 890 g/mol. The van der Waals surface area contributed by atoms with Gasteiger partial charge >= 0.3 is 5.97 Å². The third-order valence-corrected chi connectivity index (χ3v) is 13.3. The first-order valence-corrected chi connectivity index (χ1v) is 28.4. The summed E-state index contributed by atoms with van der Waals surface area (Å²) in [5.41, 5.74) is 0. The molecule has 0 rings (SSSR count). The van der Waals surface area contributed by atoms with E-state index in [-0.39, 0.29) is 18.5 Å². The quantitative estimate of drug-likeness (QED) is 0.0321. The Hall–Kier alpha value is -1.40. The van der Waals surface area contributed by atoms with E-state index in [0.717, 1.165) is 57.8 Å². The Morgan fingerprint density at radius 1 is 0.429 bits per heavy atom. The van der Waals surface area contributed by atoms with E-state index in [1.54, 1.807) is 0 Å². The highest BCUT2D eigenvalue weighted by Crippen LogP contribution is 2.17. The summed E-state index contributed by atoms with van der Waals surface area (Å²) in [6, 6.07) is -0.556. The smallest absolute Gasteiger partial charge is 0.305 e. The van der Waals surface area contributed by atoms with E-state index in [9.17, 15) is 19.8 Å². The molecule has 0 bridgehead atoms. The van der Waals surface area contributed by atoms with Crippen LogP contribution in [0.1, 0.15) is 316 Å². The Morgan fingerprint density at radius 2 is 0.746 bits per heavy atom. The molecule has 63 heavy (non-hydrogen) atoms. The zero-order valence-corrected chi connectivity index (χ0v) is 42.6. The summed E-state index contributed by atoms with van der Waals surface area (Å²) < 4.78 is 5.46. The van der Waals surface area contributed by atoms with Crippen LogP contribution in [0.3, 0.4) is 0 Å². The predicted molar refractivity (Wildman–Crippen MR) is 273 cm³/mol. The Morgan fingerprint density at radius 3 is 1.13 bits per heavy atom. The second kappa shape index (κ2) is 53.2. The Bertz CT molecular complexity index is 939. The summed E-state index contributed by atoms with van der Waals surface area (Å²) in [5, 5.41) is 23.3. The molecule has 0 radical (unpaired) electrons. The van der Waals surface area contributed by atoms with Gasteiger partial charge in [-0.25, -0.2) is 0 Å². The van der Waals surface area contributed by atoms with Gasteiger partial charge in [0.2, 0.25) is 5.91 Å². The van der Waals surface area contributed by atoms with Crippen LogP contribution in [0.4, 0.5) is 0 Å². The average Bonchev–Trinajstić information content (AvgIpc) is 3.28. The lowest BCUT2D eigenvalue weighted by molar-refractivity contribution is -0.143. The van der Waals surface area contributed by atoms with Gasteiger partial charge in [-0.1, -0.05) is 264 Å². The van der Waals surface area contributed by atoms with Crippen molar-refractivity contribution in [1.82, 2.24) is 5.32 Å². The van der Waals surface area contributed by atoms with E-state index in [2.05, 4.69) is 31.3 Å². The maximum Gasteiger partial charge on any atom is 0.305 e. The summed E-state index contributed by atoms with van der Waals surface area (Å²) in [5.74, 6) is -0.0716. The molecule has 0 aromatic rings. The molecule has 0 aliphatic rings. The molecule has 6 nitrogen and oxygen atoms in total. The van der Waals surface area contributed by atoms with Crippen LogP contribution in [0.5, 0.6) is 0 Å². The van der Waals surface area contributed by atoms with Crippen molar-refractivity contribution < 1.29 is 24.5 Å². The fourth-order valence-corrected chi connectivity index (χ4v) is 8.93. The van der Waals surface area contributed by atoms with Gasteiger partial charge in [-0.3, -0.25) is 9.59 Å². The van der Waals surface area contributed by atoms with Crippen molar-refractivity contribution in [2.45, 2.75) is 328 Å². The molecule has 2 unspecified atom stereocenters. The van der Waals surface area contributed by atoms with Gasteiger partial charge in [0.1, 0.15) is 0 Å². The minimum Gasteiger partial charge on any atom is -0.466 e. The van der Waals surface area contributed by atoms with Crippen LogP contribution in [0.15, 0.2) is 12.2 Å². The SMILES string of the molecule is CCCCCCCC/C=C\CCCCCCCC(=O)OCCCCCCCCCCCCCC(=O)NC(CO)C(O)CCCCCCCCCCCCCCCCCCCCCC. The van der Waals surface area contributed by atoms with Gasteiger partial charge in [-0.15, -0.1) is 0 Å². The minimum atomic E-state index is -0.677. The summed E-state index contributed by atoms with van der Waals surface area (Å²) in [6.45, 7) is 4.92. The van der Waals surface area contributed by atoms with E-state index >= 15 is 0 Å². The first-order chi connectivity index (χ1) is 31.0. The number of amides is 1. The first-order valence-electron chi connectivity index (χ1n) is 28.4. The molecular formula is C57H111NO5. The van der Waals surface area contributed by atoms with Crippen LogP contribution in [0.25, 0.3) is 0 Å². The highest BCUT2D eigenvalue weighted by molar-refractivity contribution is 5.76. The molecule has 2 atom stereocenters. The third kappa shape index (κ3) is 49.9. The standard InChI is InChI=1S/C57H111NO5/c1-3-5-7-9-11-13-15-17-19-20-21-22-23-25-26-29-33-37-41-45-49-55(60)54(53-59)58-56(61)50-46-42-38-34-30-28-32-36-40-44-48-52-63-57(62)51-47-43-39-35-31-27-24-18-16-14-12-10-8-6-4-2/h18,24,54-55,59-60H,3-17,19-23,25-53H2,1-2H3,(H,58,61)/b24-18-. The van der Waals surface area contributed by atoms with Crippen LogP contribution >= 0.6 is 0 Å². The van der Waals surface area contributed by atoms with Crippen LogP contribution in [-0.2, 0) is 14.3 Å². The van der Waals surface area contributed by atoms with Gasteiger partial charge in [-0.05, 0) is 51.4 Å². The number of carbonyl (C=O) groups is 2. The molecule has 0 heterocycles. The van der Waals surface area contributed by atoms with E-state index in [0.29, 0.717) is 25.9 Å². The second-order valence-electron chi connectivity index (χ2n) is 19.6. The van der Waals surface area contributed by atoms with Crippen molar-refractivity contribution in [2.75, 3.05) is 13.2 Å². The lowest BCUT2D eigenvalue weighted by Gasteiger charge is -2.22. The zero-order valence-electron chi connectivity index (χ0n) is 42.6. The number of nitrogens with one attached hydrogen (secondary N) is 1. The topological polar surface area (TPSA) is 95.9 Å². The highest BCUT2D eigenvalue weighted by Gasteiger charge is 2.20. The van der Waals surface area contributed by atoms with E-state index in [4.69, 9.17) is 4.74 Å². The average molecular weight is 891 g/mol. The number of aliphatic hydroxyl groups excluding tert-OH is 2. The minimum absolute atomic E-state index is 0.0205. The van der Waals surface area contributed by atoms with Gasteiger partial charge in [-0.2, -0.15) is 0 Å². The number of hydrogen-bond donors (Lipinski definition) is 3. The van der Waals surface area contributed by atoms with Gasteiger partial charge in [0.25, 0.3) is 0 Å². The van der Waals surface area contributed by atoms with Gasteiger partial charge in [0.15, 0.2) is 0 Å². The Balaban J connectivity index is 3.46. The summed E-state index contributed by atoms with van der Waals surface area (Å²) in [6.07, 6.45) is 61.9. The largest absolute Gasteiger partial charge is 0.466 e. The molecule has 374 valence electrons. The molecule has 0 fully saturated rings. The Kier molecular flexibility index (Phi) is 52.0. The number of aliphatic hydroxyl groups is 2. The van der Waals surface area contributed by atoms with Crippen molar-refractivity contribution in [3.8, 4) is 0 Å². The van der Waals surface area contributed by atoms with Gasteiger partial charge in [0, 0.05) is 12.8 Å². The molecule has 0 aliphatic heterocycles. The highest BCUT2D eigenvalue weighted by atomic mass is 16.5. The van der Waals surface area contributed by atoms with Crippen molar-refractivity contribution in [3.05, 3.63) is 12.2 Å².